The number of nitrogens with one attached hydrogen (secondary N) is 1. The second kappa shape index (κ2) is 5.44. The van der Waals surface area contributed by atoms with E-state index in [2.05, 4.69) is 14.7 Å². The van der Waals surface area contributed by atoms with Crippen molar-refractivity contribution in [3.05, 3.63) is 34.1 Å². The van der Waals surface area contributed by atoms with Gasteiger partial charge in [-0.25, -0.2) is 18.4 Å². The lowest BCUT2D eigenvalue weighted by molar-refractivity contribution is 0.601. The van der Waals surface area contributed by atoms with Gasteiger partial charge in [-0.05, 0) is 25.5 Å². The van der Waals surface area contributed by atoms with Crippen LogP contribution in [0.3, 0.4) is 0 Å². The minimum Gasteiger partial charge on any atom is -0.255 e. The van der Waals surface area contributed by atoms with Gasteiger partial charge in [0, 0.05) is 11.1 Å². The normalized spacial score (nSPS) is 11.5. The van der Waals surface area contributed by atoms with E-state index in [-0.39, 0.29) is 10.0 Å². The van der Waals surface area contributed by atoms with Crippen molar-refractivity contribution >= 4 is 38.1 Å². The third-order valence-corrected chi connectivity index (χ3v) is 5.06. The highest BCUT2D eigenvalue weighted by Gasteiger charge is 2.17. The van der Waals surface area contributed by atoms with Crippen LogP contribution in [0.1, 0.15) is 17.5 Å². The van der Waals surface area contributed by atoms with Gasteiger partial charge in [0.15, 0.2) is 5.13 Å². The third-order valence-electron chi connectivity index (χ3n) is 2.46. The quantitative estimate of drug-likeness (QED) is 0.880. The Morgan fingerprint density at radius 2 is 2.21 bits per heavy atom. The summed E-state index contributed by atoms with van der Waals surface area (Å²) in [6.07, 6.45) is 2.12. The number of hydrogen-bond acceptors (Lipinski definition) is 5. The molecule has 0 aromatic carbocycles. The highest BCUT2D eigenvalue weighted by molar-refractivity contribution is 7.93. The van der Waals surface area contributed by atoms with Crippen LogP contribution in [0, 0.1) is 6.92 Å². The zero-order chi connectivity index (χ0) is 14.0. The Kier molecular flexibility index (Phi) is 4.07. The monoisotopic (exact) mass is 317 g/mol. The van der Waals surface area contributed by atoms with E-state index in [1.807, 2.05) is 13.8 Å². The maximum Gasteiger partial charge on any atom is 0.263 e. The Bertz CT molecular complexity index is 698. The molecule has 0 saturated carbocycles. The maximum absolute atomic E-state index is 12.1. The number of hydrogen-bond donors (Lipinski definition) is 1. The molecule has 0 unspecified atom stereocenters. The molecule has 0 amide bonds. The average molecular weight is 318 g/mol. The molecule has 2 aromatic heterocycles. The fourth-order valence-electron chi connectivity index (χ4n) is 1.53. The summed E-state index contributed by atoms with van der Waals surface area (Å²) in [5.74, 6) is 0. The van der Waals surface area contributed by atoms with Gasteiger partial charge in [-0.1, -0.05) is 18.5 Å². The van der Waals surface area contributed by atoms with E-state index in [4.69, 9.17) is 11.6 Å². The predicted octanol–water partition coefficient (Wildman–Crippen LogP) is 2.86. The summed E-state index contributed by atoms with van der Waals surface area (Å²) < 4.78 is 26.7. The number of sulfonamides is 1. The van der Waals surface area contributed by atoms with Gasteiger partial charge in [-0.3, -0.25) is 4.72 Å². The molecule has 0 radical (unpaired) electrons. The number of aromatic nitrogens is 2. The van der Waals surface area contributed by atoms with Gasteiger partial charge in [0.05, 0.1) is 10.6 Å². The van der Waals surface area contributed by atoms with E-state index < -0.39 is 10.0 Å². The van der Waals surface area contributed by atoms with Crippen molar-refractivity contribution in [3.63, 3.8) is 0 Å². The minimum atomic E-state index is -3.67. The molecule has 0 bridgehead atoms. The lowest BCUT2D eigenvalue weighted by Crippen LogP contribution is -2.12. The molecule has 0 spiro atoms. The molecule has 19 heavy (non-hydrogen) atoms. The standard InChI is InChI=1S/C11H12ClN3O2S2/c1-3-9-7(2)18-11(14-9)15-19(16,17)8-4-5-13-10(12)6-8/h4-6H,3H2,1-2H3,(H,14,15). The average Bonchev–Trinajstić information content (AvgIpc) is 2.68. The number of aryl methyl sites for hydroxylation is 2. The van der Waals surface area contributed by atoms with E-state index in [9.17, 15) is 8.42 Å². The number of pyridine rings is 1. The van der Waals surface area contributed by atoms with Crippen molar-refractivity contribution in [2.75, 3.05) is 4.72 Å². The Hall–Kier alpha value is -1.18. The summed E-state index contributed by atoms with van der Waals surface area (Å²) in [4.78, 5) is 9.07. The van der Waals surface area contributed by atoms with E-state index in [0.29, 0.717) is 5.13 Å². The first-order valence-corrected chi connectivity index (χ1v) is 8.21. The van der Waals surface area contributed by atoms with E-state index >= 15 is 0 Å². The number of rotatable bonds is 4. The molecule has 2 aromatic rings. The first kappa shape index (κ1) is 14.2. The smallest absolute Gasteiger partial charge is 0.255 e. The van der Waals surface area contributed by atoms with Crippen LogP contribution in [0.5, 0.6) is 0 Å². The molecular formula is C11H12ClN3O2S2. The van der Waals surface area contributed by atoms with Gasteiger partial charge in [0.1, 0.15) is 5.15 Å². The third kappa shape index (κ3) is 3.23. The summed E-state index contributed by atoms with van der Waals surface area (Å²) in [7, 11) is -3.67. The molecular weight excluding hydrogens is 306 g/mol. The van der Waals surface area contributed by atoms with E-state index in [0.717, 1.165) is 17.0 Å². The fourth-order valence-corrected chi connectivity index (χ4v) is 3.91. The summed E-state index contributed by atoms with van der Waals surface area (Å²) in [6.45, 7) is 3.89. The molecule has 0 aliphatic heterocycles. The zero-order valence-corrected chi connectivity index (χ0v) is 12.7. The van der Waals surface area contributed by atoms with Gasteiger partial charge in [-0.15, -0.1) is 11.3 Å². The van der Waals surface area contributed by atoms with E-state index in [1.54, 1.807) is 0 Å². The topological polar surface area (TPSA) is 72.0 Å². The first-order valence-electron chi connectivity index (χ1n) is 5.53. The van der Waals surface area contributed by atoms with Crippen LogP contribution in [0.15, 0.2) is 23.2 Å². The Morgan fingerprint density at radius 3 is 2.79 bits per heavy atom. The van der Waals surface area contributed by atoms with Crippen LogP contribution in [-0.4, -0.2) is 18.4 Å². The van der Waals surface area contributed by atoms with Crippen molar-refractivity contribution in [3.8, 4) is 0 Å². The molecule has 1 N–H and O–H groups in total. The molecule has 0 fully saturated rings. The van der Waals surface area contributed by atoms with Gasteiger partial charge in [0.2, 0.25) is 0 Å². The molecule has 2 heterocycles. The van der Waals surface area contributed by atoms with Crippen LogP contribution in [0.25, 0.3) is 0 Å². The summed E-state index contributed by atoms with van der Waals surface area (Å²) in [5, 5.41) is 0.495. The summed E-state index contributed by atoms with van der Waals surface area (Å²) in [5.41, 5.74) is 0.899. The van der Waals surface area contributed by atoms with Crippen molar-refractivity contribution < 1.29 is 8.42 Å². The Morgan fingerprint density at radius 1 is 1.47 bits per heavy atom. The van der Waals surface area contributed by atoms with Crippen LogP contribution < -0.4 is 4.72 Å². The highest BCUT2D eigenvalue weighted by Crippen LogP contribution is 2.25. The Balaban J connectivity index is 2.31. The summed E-state index contributed by atoms with van der Waals surface area (Å²) >= 11 is 7.00. The van der Waals surface area contributed by atoms with E-state index in [1.165, 1.54) is 29.7 Å². The van der Waals surface area contributed by atoms with Gasteiger partial charge < -0.3 is 0 Å². The van der Waals surface area contributed by atoms with Gasteiger partial charge >= 0.3 is 0 Å². The number of halogens is 1. The molecule has 2 rings (SSSR count). The number of nitrogens with zero attached hydrogens (tertiary/aromatic N) is 2. The second-order valence-corrected chi connectivity index (χ2v) is 7.07. The largest absolute Gasteiger partial charge is 0.263 e. The number of anilines is 1. The fraction of sp³-hybridized carbons (Fsp3) is 0.273. The zero-order valence-electron chi connectivity index (χ0n) is 10.3. The molecule has 0 saturated heterocycles. The van der Waals surface area contributed by atoms with Gasteiger partial charge in [-0.2, -0.15) is 0 Å². The van der Waals surface area contributed by atoms with Crippen LogP contribution >= 0.6 is 22.9 Å². The van der Waals surface area contributed by atoms with Crippen molar-refractivity contribution in [2.24, 2.45) is 0 Å². The lowest BCUT2D eigenvalue weighted by Gasteiger charge is -2.04. The number of thiazole rings is 1. The van der Waals surface area contributed by atoms with Crippen LogP contribution in [0.2, 0.25) is 5.15 Å². The Labute approximate surface area is 120 Å². The van der Waals surface area contributed by atoms with Crippen molar-refractivity contribution in [1.29, 1.82) is 0 Å². The van der Waals surface area contributed by atoms with Crippen molar-refractivity contribution in [1.82, 2.24) is 9.97 Å². The molecule has 102 valence electrons. The van der Waals surface area contributed by atoms with Crippen molar-refractivity contribution in [2.45, 2.75) is 25.2 Å². The second-order valence-electron chi connectivity index (χ2n) is 3.80. The molecule has 0 aliphatic rings. The molecule has 0 aliphatic carbocycles. The molecule has 0 atom stereocenters. The van der Waals surface area contributed by atoms with Crippen LogP contribution in [-0.2, 0) is 16.4 Å². The molecule has 8 heteroatoms. The maximum atomic E-state index is 12.1. The molecule has 5 nitrogen and oxygen atoms in total. The predicted molar refractivity (Wildman–Crippen MR) is 76.3 cm³/mol. The van der Waals surface area contributed by atoms with Crippen LogP contribution in [0.4, 0.5) is 5.13 Å². The SMILES string of the molecule is CCc1nc(NS(=O)(=O)c2ccnc(Cl)c2)sc1C. The van der Waals surface area contributed by atoms with Gasteiger partial charge in [0.25, 0.3) is 10.0 Å². The highest BCUT2D eigenvalue weighted by atomic mass is 35.5. The first-order chi connectivity index (χ1) is 8.92. The summed E-state index contributed by atoms with van der Waals surface area (Å²) in [6, 6.07) is 2.68. The minimum absolute atomic E-state index is 0.0680. The lowest BCUT2D eigenvalue weighted by atomic mass is 10.3.